The summed E-state index contributed by atoms with van der Waals surface area (Å²) in [5.74, 6) is 1.04. The molecule has 0 saturated carbocycles. The number of hydrogen-bond acceptors (Lipinski definition) is 2. The molecule has 0 saturated heterocycles. The molecule has 18 heavy (non-hydrogen) atoms. The van der Waals surface area contributed by atoms with Crippen molar-refractivity contribution >= 4 is 29.1 Å². The molecule has 0 spiro atoms. The fourth-order valence-electron chi connectivity index (χ4n) is 1.65. The van der Waals surface area contributed by atoms with Gasteiger partial charge in [0.2, 0.25) is 0 Å². The van der Waals surface area contributed by atoms with E-state index in [-0.39, 0.29) is 0 Å². The number of rotatable bonds is 5. The number of anilines is 1. The number of nitrogens with one attached hydrogen (secondary N) is 1. The number of thioether (sulfide) groups is 1. The first-order valence-corrected chi connectivity index (χ1v) is 7.29. The third kappa shape index (κ3) is 4.28. The van der Waals surface area contributed by atoms with Gasteiger partial charge in [-0.3, -0.25) is 0 Å². The lowest BCUT2D eigenvalue weighted by atomic mass is 10.2. The first-order valence-electron chi connectivity index (χ1n) is 5.93. The third-order valence-electron chi connectivity index (χ3n) is 2.53. The molecule has 0 amide bonds. The Bertz CT molecular complexity index is 496. The van der Waals surface area contributed by atoms with E-state index in [1.54, 1.807) is 0 Å². The molecular weight excluding hydrogens is 262 g/mol. The lowest BCUT2D eigenvalue weighted by Crippen LogP contribution is -2.03. The maximum absolute atomic E-state index is 5.85. The molecule has 1 N–H and O–H groups in total. The molecule has 0 aliphatic carbocycles. The molecule has 0 radical (unpaired) electrons. The van der Waals surface area contributed by atoms with Crippen molar-refractivity contribution in [3.63, 3.8) is 0 Å². The van der Waals surface area contributed by atoms with Crippen molar-refractivity contribution < 1.29 is 0 Å². The highest BCUT2D eigenvalue weighted by atomic mass is 35.5. The molecular formula is C15H16ClNS. The highest BCUT2D eigenvalue weighted by Gasteiger charge is 1.95. The van der Waals surface area contributed by atoms with Crippen molar-refractivity contribution in [3.05, 3.63) is 59.1 Å². The molecule has 2 aromatic carbocycles. The van der Waals surface area contributed by atoms with Crippen molar-refractivity contribution in [3.8, 4) is 0 Å². The minimum Gasteiger partial charge on any atom is -0.384 e. The summed E-state index contributed by atoms with van der Waals surface area (Å²) in [7, 11) is 0. The van der Waals surface area contributed by atoms with Crippen LogP contribution in [0.25, 0.3) is 0 Å². The van der Waals surface area contributed by atoms with Crippen LogP contribution in [-0.2, 0) is 0 Å². The molecule has 0 aliphatic rings. The first kappa shape index (κ1) is 13.3. The van der Waals surface area contributed by atoms with Gasteiger partial charge in [-0.15, -0.1) is 11.8 Å². The van der Waals surface area contributed by atoms with E-state index >= 15 is 0 Å². The summed E-state index contributed by atoms with van der Waals surface area (Å²) in [6, 6.07) is 16.4. The van der Waals surface area contributed by atoms with Gasteiger partial charge < -0.3 is 5.32 Å². The normalized spacial score (nSPS) is 10.3. The summed E-state index contributed by atoms with van der Waals surface area (Å²) >= 11 is 7.68. The SMILES string of the molecule is Cc1cccc(NCCSc2ccc(Cl)cc2)c1. The van der Waals surface area contributed by atoms with Gasteiger partial charge in [-0.2, -0.15) is 0 Å². The second-order valence-electron chi connectivity index (χ2n) is 4.10. The average molecular weight is 278 g/mol. The predicted molar refractivity (Wildman–Crippen MR) is 81.8 cm³/mol. The Morgan fingerprint density at radius 2 is 1.89 bits per heavy atom. The Kier molecular flexibility index (Phi) is 4.97. The predicted octanol–water partition coefficient (Wildman–Crippen LogP) is 4.85. The van der Waals surface area contributed by atoms with Crippen LogP contribution in [0.15, 0.2) is 53.4 Å². The first-order chi connectivity index (χ1) is 8.74. The standard InChI is InChI=1S/C15H16ClNS/c1-12-3-2-4-14(11-12)17-9-10-18-15-7-5-13(16)6-8-15/h2-8,11,17H,9-10H2,1H3. The van der Waals surface area contributed by atoms with Gasteiger partial charge in [-0.05, 0) is 48.9 Å². The lowest BCUT2D eigenvalue weighted by molar-refractivity contribution is 1.22. The molecule has 0 bridgehead atoms. The zero-order chi connectivity index (χ0) is 12.8. The van der Waals surface area contributed by atoms with Crippen molar-refractivity contribution in [2.45, 2.75) is 11.8 Å². The van der Waals surface area contributed by atoms with E-state index < -0.39 is 0 Å². The quantitative estimate of drug-likeness (QED) is 0.619. The maximum atomic E-state index is 5.85. The van der Waals surface area contributed by atoms with Crippen LogP contribution >= 0.6 is 23.4 Å². The van der Waals surface area contributed by atoms with Crippen molar-refractivity contribution in [2.24, 2.45) is 0 Å². The van der Waals surface area contributed by atoms with E-state index in [0.717, 1.165) is 17.3 Å². The van der Waals surface area contributed by atoms with Crippen LogP contribution in [-0.4, -0.2) is 12.3 Å². The summed E-state index contributed by atoms with van der Waals surface area (Å²) in [6.07, 6.45) is 0. The molecule has 0 aliphatic heterocycles. The molecule has 0 atom stereocenters. The largest absolute Gasteiger partial charge is 0.384 e. The van der Waals surface area contributed by atoms with Crippen molar-refractivity contribution in [2.75, 3.05) is 17.6 Å². The molecule has 0 fully saturated rings. The van der Waals surface area contributed by atoms with E-state index in [2.05, 4.69) is 48.6 Å². The zero-order valence-electron chi connectivity index (χ0n) is 10.3. The van der Waals surface area contributed by atoms with Crippen LogP contribution in [0.3, 0.4) is 0 Å². The Labute approximate surface area is 118 Å². The topological polar surface area (TPSA) is 12.0 Å². The van der Waals surface area contributed by atoms with Crippen LogP contribution in [0, 0.1) is 6.92 Å². The summed E-state index contributed by atoms with van der Waals surface area (Å²) in [5, 5.41) is 4.21. The maximum Gasteiger partial charge on any atom is 0.0406 e. The van der Waals surface area contributed by atoms with Gasteiger partial charge in [-0.25, -0.2) is 0 Å². The fourth-order valence-corrected chi connectivity index (χ4v) is 2.54. The monoisotopic (exact) mass is 277 g/mol. The molecule has 2 rings (SSSR count). The molecule has 0 heterocycles. The van der Waals surface area contributed by atoms with Crippen LogP contribution in [0.4, 0.5) is 5.69 Å². The third-order valence-corrected chi connectivity index (χ3v) is 3.80. The lowest BCUT2D eigenvalue weighted by Gasteiger charge is -2.07. The molecule has 1 nitrogen and oxygen atoms in total. The Morgan fingerprint density at radius 3 is 2.61 bits per heavy atom. The number of benzene rings is 2. The number of halogens is 1. The van der Waals surface area contributed by atoms with E-state index in [1.807, 2.05) is 23.9 Å². The average Bonchev–Trinajstić information content (AvgIpc) is 2.37. The molecule has 2 aromatic rings. The van der Waals surface area contributed by atoms with Gasteiger partial charge in [0.1, 0.15) is 0 Å². The van der Waals surface area contributed by atoms with Gasteiger partial charge in [0.05, 0.1) is 0 Å². The smallest absolute Gasteiger partial charge is 0.0406 e. The summed E-state index contributed by atoms with van der Waals surface area (Å²) < 4.78 is 0. The molecule has 3 heteroatoms. The van der Waals surface area contributed by atoms with E-state index in [9.17, 15) is 0 Å². The minimum absolute atomic E-state index is 0.789. The summed E-state index contributed by atoms with van der Waals surface area (Å²) in [4.78, 5) is 1.26. The Morgan fingerprint density at radius 1 is 1.11 bits per heavy atom. The van der Waals surface area contributed by atoms with E-state index in [1.165, 1.54) is 16.1 Å². The highest BCUT2D eigenvalue weighted by Crippen LogP contribution is 2.20. The van der Waals surface area contributed by atoms with E-state index in [4.69, 9.17) is 11.6 Å². The molecule has 0 unspecified atom stereocenters. The molecule has 0 aromatic heterocycles. The van der Waals surface area contributed by atoms with Crippen molar-refractivity contribution in [1.29, 1.82) is 0 Å². The second-order valence-corrected chi connectivity index (χ2v) is 5.70. The number of aryl methyl sites for hydroxylation is 1. The highest BCUT2D eigenvalue weighted by molar-refractivity contribution is 7.99. The summed E-state index contributed by atoms with van der Waals surface area (Å²) in [5.41, 5.74) is 2.47. The van der Waals surface area contributed by atoms with Gasteiger partial charge in [0.15, 0.2) is 0 Å². The van der Waals surface area contributed by atoms with Gasteiger partial charge in [0, 0.05) is 27.9 Å². The second kappa shape index (κ2) is 6.72. The van der Waals surface area contributed by atoms with Gasteiger partial charge >= 0.3 is 0 Å². The van der Waals surface area contributed by atoms with Crippen molar-refractivity contribution in [1.82, 2.24) is 0 Å². The van der Waals surface area contributed by atoms with Crippen LogP contribution in [0.2, 0.25) is 5.02 Å². The molecule has 94 valence electrons. The zero-order valence-corrected chi connectivity index (χ0v) is 11.9. The van der Waals surface area contributed by atoms with Gasteiger partial charge in [0.25, 0.3) is 0 Å². The Balaban J connectivity index is 1.74. The van der Waals surface area contributed by atoms with Crippen LogP contribution in [0.5, 0.6) is 0 Å². The number of hydrogen-bond donors (Lipinski definition) is 1. The minimum atomic E-state index is 0.789. The summed E-state index contributed by atoms with van der Waals surface area (Å²) in [6.45, 7) is 3.06. The Hall–Kier alpha value is -1.12. The fraction of sp³-hybridized carbons (Fsp3) is 0.200. The van der Waals surface area contributed by atoms with Crippen LogP contribution < -0.4 is 5.32 Å². The van der Waals surface area contributed by atoms with Crippen LogP contribution in [0.1, 0.15) is 5.56 Å². The van der Waals surface area contributed by atoms with Gasteiger partial charge in [-0.1, -0.05) is 23.7 Å². The van der Waals surface area contributed by atoms with E-state index in [0.29, 0.717) is 0 Å².